The van der Waals surface area contributed by atoms with Gasteiger partial charge in [-0.25, -0.2) is 0 Å². The molecule has 0 aliphatic carbocycles. The maximum absolute atomic E-state index is 12.5. The molecule has 4 nitrogen and oxygen atoms in total. The number of hydrogen-bond donors (Lipinski definition) is 0. The molecule has 0 spiro atoms. The van der Waals surface area contributed by atoms with E-state index in [2.05, 4.69) is 57.1 Å². The molecule has 0 aromatic carbocycles. The average Bonchev–Trinajstić information content (AvgIpc) is 2.58. The Morgan fingerprint density at radius 1 is 0.870 bits per heavy atom. The zero-order chi connectivity index (χ0) is 17.7. The summed E-state index contributed by atoms with van der Waals surface area (Å²) < 4.78 is 12.7. The molecule has 0 fully saturated rings. The minimum atomic E-state index is -2.89. The van der Waals surface area contributed by atoms with E-state index < -0.39 is 18.4 Å². The van der Waals surface area contributed by atoms with Crippen LogP contribution in [0.4, 0.5) is 0 Å². The molecule has 7 heteroatoms. The van der Waals surface area contributed by atoms with Crippen LogP contribution in [0.25, 0.3) is 0 Å². The standard InChI is InChI=1S/C4H3Br2O4.3C4H9.Sn/c5-9-3(7)1-2-4(8)10-6;3*1-3-4-2;/h1H,2H2;3*1,3-4H2,2H3;. The SMILES string of the molecule is CCC[CH2][Sn]([CH2]CCC)([CH2]CCC)[CH](CC(=O)OBr)C(=O)OBr. The van der Waals surface area contributed by atoms with E-state index in [-0.39, 0.29) is 22.3 Å². The molecule has 0 aliphatic heterocycles. The van der Waals surface area contributed by atoms with Gasteiger partial charge in [-0.2, -0.15) is 0 Å². The molecule has 0 radical (unpaired) electrons. The van der Waals surface area contributed by atoms with Gasteiger partial charge in [-0.3, -0.25) is 0 Å². The van der Waals surface area contributed by atoms with Crippen LogP contribution in [0.1, 0.15) is 65.7 Å². The molecule has 0 saturated carbocycles. The van der Waals surface area contributed by atoms with E-state index in [1.54, 1.807) is 0 Å². The Labute approximate surface area is 162 Å². The van der Waals surface area contributed by atoms with E-state index >= 15 is 0 Å². The van der Waals surface area contributed by atoms with Crippen LogP contribution in [-0.4, -0.2) is 30.3 Å². The Morgan fingerprint density at radius 2 is 1.30 bits per heavy atom. The summed E-state index contributed by atoms with van der Waals surface area (Å²) in [6.45, 7) is 6.54. The van der Waals surface area contributed by atoms with Gasteiger partial charge < -0.3 is 0 Å². The van der Waals surface area contributed by atoms with Gasteiger partial charge in [0, 0.05) is 0 Å². The van der Waals surface area contributed by atoms with Gasteiger partial charge in [0.2, 0.25) is 0 Å². The molecule has 0 aliphatic rings. The molecule has 0 saturated heterocycles. The van der Waals surface area contributed by atoms with Crippen LogP contribution in [0.5, 0.6) is 0 Å². The quantitative estimate of drug-likeness (QED) is 0.246. The molecule has 0 amide bonds. The van der Waals surface area contributed by atoms with Crippen molar-refractivity contribution in [2.75, 3.05) is 0 Å². The summed E-state index contributed by atoms with van der Waals surface area (Å²) in [4.78, 5) is 24.3. The van der Waals surface area contributed by atoms with Gasteiger partial charge >= 0.3 is 163 Å². The fourth-order valence-corrected chi connectivity index (χ4v) is 21.6. The van der Waals surface area contributed by atoms with Crippen LogP contribution in [0.2, 0.25) is 17.2 Å². The molecule has 1 unspecified atom stereocenters. The first-order valence-electron chi connectivity index (χ1n) is 8.65. The monoisotopic (exact) mass is 564 g/mol. The van der Waals surface area contributed by atoms with Crippen LogP contribution in [0.3, 0.4) is 0 Å². The zero-order valence-electron chi connectivity index (χ0n) is 14.5. The predicted molar refractivity (Wildman–Crippen MR) is 103 cm³/mol. The molecule has 0 rings (SSSR count). The summed E-state index contributed by atoms with van der Waals surface area (Å²) in [7, 11) is 0. The Hall–Kier alpha value is 0.699. The number of unbranched alkanes of at least 4 members (excludes halogenated alkanes) is 3. The number of carbonyl (C=O) groups is 2. The molecule has 0 bridgehead atoms. The molecule has 0 aromatic rings. The van der Waals surface area contributed by atoms with Crippen LogP contribution in [-0.2, 0) is 17.2 Å². The van der Waals surface area contributed by atoms with Gasteiger partial charge in [0.1, 0.15) is 0 Å². The second-order valence-electron chi connectivity index (χ2n) is 6.28. The predicted octanol–water partition coefficient (Wildman–Crippen LogP) is 6.30. The molecular formula is C16H30Br2O4Sn. The van der Waals surface area contributed by atoms with Gasteiger partial charge in [0.25, 0.3) is 0 Å². The molecule has 0 aromatic heterocycles. The molecule has 0 heterocycles. The third-order valence-electron chi connectivity index (χ3n) is 4.64. The second-order valence-corrected chi connectivity index (χ2v) is 21.0. The van der Waals surface area contributed by atoms with Gasteiger partial charge in [0.15, 0.2) is 0 Å². The van der Waals surface area contributed by atoms with Crippen molar-refractivity contribution >= 4 is 62.8 Å². The van der Waals surface area contributed by atoms with E-state index in [0.29, 0.717) is 0 Å². The Bertz CT molecular complexity index is 331. The van der Waals surface area contributed by atoms with Crippen molar-refractivity contribution in [3.63, 3.8) is 0 Å². The normalized spacial score (nSPS) is 12.7. The van der Waals surface area contributed by atoms with E-state index in [9.17, 15) is 9.59 Å². The third kappa shape index (κ3) is 8.56. The second kappa shape index (κ2) is 13.9. The summed E-state index contributed by atoms with van der Waals surface area (Å²) in [5.74, 6) is -0.652. The van der Waals surface area contributed by atoms with E-state index in [1.807, 2.05) is 0 Å². The van der Waals surface area contributed by atoms with Crippen molar-refractivity contribution in [1.29, 1.82) is 0 Å². The maximum atomic E-state index is 12.5. The third-order valence-corrected chi connectivity index (χ3v) is 22.3. The van der Waals surface area contributed by atoms with Crippen molar-refractivity contribution < 1.29 is 17.2 Å². The molecule has 1 atom stereocenters. The minimum absolute atomic E-state index is 0.142. The van der Waals surface area contributed by atoms with E-state index in [4.69, 9.17) is 3.83 Å². The first kappa shape index (κ1) is 23.7. The molecule has 136 valence electrons. The van der Waals surface area contributed by atoms with Crippen molar-refractivity contribution in [2.24, 2.45) is 0 Å². The summed E-state index contributed by atoms with van der Waals surface area (Å²) >= 11 is 2.71. The van der Waals surface area contributed by atoms with Crippen molar-refractivity contribution in [1.82, 2.24) is 0 Å². The van der Waals surface area contributed by atoms with Gasteiger partial charge in [-0.15, -0.1) is 0 Å². The topological polar surface area (TPSA) is 52.6 Å². The fourth-order valence-electron chi connectivity index (χ4n) is 3.29. The van der Waals surface area contributed by atoms with Gasteiger partial charge in [0.05, 0.1) is 0 Å². The molecular weight excluding hydrogens is 535 g/mol. The number of halogens is 2. The van der Waals surface area contributed by atoms with Gasteiger partial charge in [-0.1, -0.05) is 0 Å². The number of rotatable bonds is 13. The zero-order valence-corrected chi connectivity index (χ0v) is 20.6. The van der Waals surface area contributed by atoms with Crippen LogP contribution < -0.4 is 0 Å². The van der Waals surface area contributed by atoms with Crippen LogP contribution in [0.15, 0.2) is 0 Å². The van der Waals surface area contributed by atoms with Crippen LogP contribution >= 0.6 is 32.5 Å². The Kier molecular flexibility index (Phi) is 14.4. The Balaban J connectivity index is 5.59. The van der Waals surface area contributed by atoms with Gasteiger partial charge in [-0.05, 0) is 0 Å². The van der Waals surface area contributed by atoms with Crippen molar-refractivity contribution in [3.05, 3.63) is 0 Å². The van der Waals surface area contributed by atoms with Crippen molar-refractivity contribution in [2.45, 2.75) is 83.0 Å². The fraction of sp³-hybridized carbons (Fsp3) is 0.875. The first-order chi connectivity index (χ1) is 11.0. The Morgan fingerprint density at radius 3 is 1.61 bits per heavy atom. The summed E-state index contributed by atoms with van der Waals surface area (Å²) in [5.41, 5.74) is 0. The first-order valence-corrected chi connectivity index (χ1v) is 17.6. The molecule has 23 heavy (non-hydrogen) atoms. The number of carbonyl (C=O) groups excluding carboxylic acids is 2. The van der Waals surface area contributed by atoms with E-state index in [0.717, 1.165) is 51.8 Å². The average molecular weight is 565 g/mol. The summed E-state index contributed by atoms with van der Waals surface area (Å²) in [5, 5.41) is 0. The summed E-state index contributed by atoms with van der Waals surface area (Å²) in [6.07, 6.45) is 6.92. The number of hydrogen-bond acceptors (Lipinski definition) is 4. The molecule has 0 N–H and O–H groups in total. The van der Waals surface area contributed by atoms with E-state index in [1.165, 1.54) is 0 Å². The van der Waals surface area contributed by atoms with Crippen molar-refractivity contribution in [3.8, 4) is 0 Å². The van der Waals surface area contributed by atoms with Crippen LogP contribution in [0, 0.1) is 0 Å². The summed E-state index contributed by atoms with van der Waals surface area (Å²) in [6, 6.07) is 0.